The molecule has 0 radical (unpaired) electrons. The van der Waals surface area contributed by atoms with Crippen LogP contribution in [0.4, 0.5) is 9.93 Å². The topological polar surface area (TPSA) is 101 Å². The molecule has 0 aromatic carbocycles. The summed E-state index contributed by atoms with van der Waals surface area (Å²) in [5.41, 5.74) is -0.391. The summed E-state index contributed by atoms with van der Waals surface area (Å²) in [5.74, 6) is 0. The number of thiazole rings is 1. The maximum atomic E-state index is 10.7. The van der Waals surface area contributed by atoms with Crippen LogP contribution in [-0.4, -0.2) is 47.2 Å². The Kier molecular flexibility index (Phi) is 5.74. The van der Waals surface area contributed by atoms with Crippen molar-refractivity contribution in [2.75, 3.05) is 25.1 Å². The van der Waals surface area contributed by atoms with Gasteiger partial charge in [-0.15, -0.1) is 0 Å². The van der Waals surface area contributed by atoms with Crippen LogP contribution in [0, 0.1) is 0 Å². The van der Waals surface area contributed by atoms with Gasteiger partial charge in [-0.1, -0.05) is 11.3 Å². The predicted octanol–water partition coefficient (Wildman–Crippen LogP) is 2.20. The summed E-state index contributed by atoms with van der Waals surface area (Å²) in [4.78, 5) is 15.6. The predicted molar refractivity (Wildman–Crippen MR) is 82.5 cm³/mol. The quantitative estimate of drug-likeness (QED) is 0.739. The van der Waals surface area contributed by atoms with Gasteiger partial charge < -0.3 is 19.7 Å². The van der Waals surface area contributed by atoms with E-state index in [4.69, 9.17) is 14.6 Å². The molecule has 0 aliphatic carbocycles. The molecule has 8 heteroatoms. The van der Waals surface area contributed by atoms with Crippen molar-refractivity contribution >= 4 is 22.6 Å². The van der Waals surface area contributed by atoms with Gasteiger partial charge in [-0.2, -0.15) is 0 Å². The normalized spacial score (nSPS) is 16.7. The van der Waals surface area contributed by atoms with Crippen molar-refractivity contribution in [2.24, 2.45) is 0 Å². The van der Waals surface area contributed by atoms with E-state index in [1.54, 1.807) is 13.8 Å². The van der Waals surface area contributed by atoms with E-state index in [0.29, 0.717) is 23.6 Å². The second-order valence-electron chi connectivity index (χ2n) is 5.72. The zero-order valence-electron chi connectivity index (χ0n) is 12.8. The Bertz CT molecular complexity index is 506. The molecule has 1 aromatic heterocycles. The van der Waals surface area contributed by atoms with Crippen LogP contribution < -0.4 is 5.32 Å². The summed E-state index contributed by atoms with van der Waals surface area (Å²) in [7, 11) is 0. The average Bonchev–Trinajstić information content (AvgIpc) is 2.82. The van der Waals surface area contributed by atoms with Crippen LogP contribution in [0.2, 0.25) is 0 Å². The number of anilines is 1. The number of carbonyl (C=O) groups is 1. The van der Waals surface area contributed by atoms with Gasteiger partial charge in [-0.25, -0.2) is 9.78 Å². The van der Waals surface area contributed by atoms with Crippen molar-refractivity contribution < 1.29 is 24.5 Å². The fourth-order valence-corrected chi connectivity index (χ4v) is 3.31. The first-order chi connectivity index (χ1) is 10.4. The molecule has 1 amide bonds. The Labute approximate surface area is 133 Å². The Hall–Kier alpha value is -1.22. The first kappa shape index (κ1) is 17.1. The van der Waals surface area contributed by atoms with Crippen molar-refractivity contribution in [1.82, 2.24) is 4.98 Å². The lowest BCUT2D eigenvalue weighted by molar-refractivity contribution is -0.0310. The molecule has 1 saturated heterocycles. The first-order valence-corrected chi connectivity index (χ1v) is 8.10. The summed E-state index contributed by atoms with van der Waals surface area (Å²) in [6, 6.07) is 0. The molecule has 22 heavy (non-hydrogen) atoms. The maximum absolute atomic E-state index is 10.7. The molecule has 1 aromatic rings. The number of hydrogen-bond donors (Lipinski definition) is 3. The molecular formula is C14H22N2O5S. The van der Waals surface area contributed by atoms with Gasteiger partial charge in [0, 0.05) is 19.6 Å². The molecule has 0 spiro atoms. The molecule has 1 aliphatic heterocycles. The number of nitrogens with one attached hydrogen (secondary N) is 1. The molecule has 1 aliphatic rings. The van der Waals surface area contributed by atoms with Gasteiger partial charge in [0.25, 0.3) is 0 Å². The highest BCUT2D eigenvalue weighted by molar-refractivity contribution is 7.16. The van der Waals surface area contributed by atoms with E-state index >= 15 is 0 Å². The van der Waals surface area contributed by atoms with E-state index in [1.807, 2.05) is 0 Å². The zero-order valence-corrected chi connectivity index (χ0v) is 13.6. The fourth-order valence-electron chi connectivity index (χ4n) is 2.31. The number of aliphatic hydroxyl groups is 1. The monoisotopic (exact) mass is 330 g/mol. The molecule has 1 fully saturated rings. The van der Waals surface area contributed by atoms with Gasteiger partial charge in [0.05, 0.1) is 28.9 Å². The van der Waals surface area contributed by atoms with Crippen LogP contribution in [0.1, 0.15) is 37.3 Å². The smallest absolute Gasteiger partial charge is 0.410 e. The molecule has 3 N–H and O–H groups in total. The van der Waals surface area contributed by atoms with Gasteiger partial charge in [-0.3, -0.25) is 5.32 Å². The summed E-state index contributed by atoms with van der Waals surface area (Å²) in [6.07, 6.45) is 1.35. The minimum atomic E-state index is -1.17. The summed E-state index contributed by atoms with van der Waals surface area (Å²) < 4.78 is 11.1. The molecule has 124 valence electrons. The highest BCUT2D eigenvalue weighted by Crippen LogP contribution is 2.33. The third kappa shape index (κ3) is 4.91. The van der Waals surface area contributed by atoms with E-state index in [-0.39, 0.29) is 11.2 Å². The van der Waals surface area contributed by atoms with E-state index < -0.39 is 11.7 Å². The molecule has 2 rings (SSSR count). The van der Waals surface area contributed by atoms with Gasteiger partial charge in [-0.05, 0) is 26.7 Å². The summed E-state index contributed by atoms with van der Waals surface area (Å²) in [6.45, 7) is 5.26. The van der Waals surface area contributed by atoms with Crippen LogP contribution in [-0.2, 0) is 21.5 Å². The van der Waals surface area contributed by atoms with Gasteiger partial charge in [0.15, 0.2) is 5.13 Å². The Morgan fingerprint density at radius 1 is 1.50 bits per heavy atom. The lowest BCUT2D eigenvalue weighted by Gasteiger charge is -2.22. The van der Waals surface area contributed by atoms with Gasteiger partial charge >= 0.3 is 6.09 Å². The van der Waals surface area contributed by atoms with Crippen LogP contribution in [0.15, 0.2) is 0 Å². The minimum Gasteiger partial charge on any atom is -0.465 e. The number of amides is 1. The van der Waals surface area contributed by atoms with Gasteiger partial charge in [0.2, 0.25) is 0 Å². The van der Waals surface area contributed by atoms with Crippen molar-refractivity contribution in [1.29, 1.82) is 0 Å². The second kappa shape index (κ2) is 7.36. The number of ether oxygens (including phenoxy) is 2. The SMILES string of the molecule is CC(C)(O)c1sc(NC(=O)O)nc1CCOC1CCOCC1. The number of nitrogens with zero attached hydrogens (tertiary/aromatic N) is 1. The molecule has 0 saturated carbocycles. The highest BCUT2D eigenvalue weighted by atomic mass is 32.1. The van der Waals surface area contributed by atoms with E-state index in [0.717, 1.165) is 37.4 Å². The van der Waals surface area contributed by atoms with E-state index in [9.17, 15) is 9.90 Å². The number of rotatable bonds is 6. The Morgan fingerprint density at radius 3 is 2.77 bits per heavy atom. The molecule has 0 unspecified atom stereocenters. The van der Waals surface area contributed by atoms with Crippen LogP contribution in [0.25, 0.3) is 0 Å². The Morgan fingerprint density at radius 2 is 2.18 bits per heavy atom. The average molecular weight is 330 g/mol. The zero-order chi connectivity index (χ0) is 16.2. The lowest BCUT2D eigenvalue weighted by Crippen LogP contribution is -2.24. The molecule has 2 heterocycles. The van der Waals surface area contributed by atoms with E-state index in [1.165, 1.54) is 0 Å². The van der Waals surface area contributed by atoms with Crippen LogP contribution in [0.5, 0.6) is 0 Å². The third-order valence-electron chi connectivity index (χ3n) is 3.33. The molecule has 0 bridgehead atoms. The standard InChI is InChI=1S/C14H22N2O5S/c1-14(2,19)11-10(15-12(22-11)16-13(17)18)5-8-21-9-3-6-20-7-4-9/h9,19H,3-8H2,1-2H3,(H,15,16)(H,17,18). The van der Waals surface area contributed by atoms with Crippen molar-refractivity contribution in [3.05, 3.63) is 10.6 Å². The third-order valence-corrected chi connectivity index (χ3v) is 4.65. The lowest BCUT2D eigenvalue weighted by atomic mass is 10.1. The van der Waals surface area contributed by atoms with Crippen LogP contribution in [0.3, 0.4) is 0 Å². The van der Waals surface area contributed by atoms with Crippen LogP contribution >= 0.6 is 11.3 Å². The number of aromatic nitrogens is 1. The second-order valence-corrected chi connectivity index (χ2v) is 6.72. The number of hydrogen-bond acceptors (Lipinski definition) is 6. The van der Waals surface area contributed by atoms with Gasteiger partial charge in [0.1, 0.15) is 0 Å². The summed E-state index contributed by atoms with van der Waals surface area (Å²) in [5, 5.41) is 21.5. The minimum absolute atomic E-state index is 0.203. The van der Waals surface area contributed by atoms with Crippen molar-refractivity contribution in [2.45, 2.75) is 44.8 Å². The maximum Gasteiger partial charge on any atom is 0.410 e. The molecule has 7 nitrogen and oxygen atoms in total. The number of carboxylic acid groups (broad SMARTS) is 1. The summed E-state index contributed by atoms with van der Waals surface area (Å²) >= 11 is 1.15. The fraction of sp³-hybridized carbons (Fsp3) is 0.714. The van der Waals surface area contributed by atoms with Crippen molar-refractivity contribution in [3.63, 3.8) is 0 Å². The Balaban J connectivity index is 1.98. The largest absolute Gasteiger partial charge is 0.465 e. The first-order valence-electron chi connectivity index (χ1n) is 7.28. The molecular weight excluding hydrogens is 308 g/mol. The highest BCUT2D eigenvalue weighted by Gasteiger charge is 2.25. The van der Waals surface area contributed by atoms with Crippen molar-refractivity contribution in [3.8, 4) is 0 Å². The molecule has 0 atom stereocenters. The van der Waals surface area contributed by atoms with E-state index in [2.05, 4.69) is 10.3 Å².